The van der Waals surface area contributed by atoms with E-state index in [4.69, 9.17) is 11.6 Å². The van der Waals surface area contributed by atoms with Gasteiger partial charge in [-0.15, -0.1) is 0 Å². The van der Waals surface area contributed by atoms with Crippen molar-refractivity contribution in [1.82, 2.24) is 9.80 Å². The number of nitrogens with zero attached hydrogens (tertiary/aromatic N) is 2. The maximum Gasteiger partial charge on any atom is 0.277 e. The van der Waals surface area contributed by atoms with E-state index in [1.54, 1.807) is 12.1 Å². The van der Waals surface area contributed by atoms with Crippen molar-refractivity contribution in [2.75, 3.05) is 13.1 Å². The average molecular weight is 409 g/mol. The zero-order valence-corrected chi connectivity index (χ0v) is 17.4. The number of carbonyl (C=O) groups excluding carboxylic acids is 2. The maximum absolute atomic E-state index is 13.4. The van der Waals surface area contributed by atoms with E-state index in [9.17, 15) is 9.59 Å². The van der Waals surface area contributed by atoms with Gasteiger partial charge in [-0.05, 0) is 41.7 Å². The lowest BCUT2D eigenvalue weighted by atomic mass is 9.98. The Morgan fingerprint density at radius 3 is 2.38 bits per heavy atom. The number of hydrogen-bond donors (Lipinski definition) is 0. The molecule has 2 aromatic carbocycles. The standard InChI is InChI=1S/C24H25ClN2O2/c1-2-3-6-14-27-23(28)21(18-9-11-20(25)12-10-18)22(24(27)29)26-15-13-17-7-4-5-8-19(17)16-26/h4-5,7-12H,2-3,6,13-16H2,1H3. The van der Waals surface area contributed by atoms with Crippen LogP contribution in [0.2, 0.25) is 5.02 Å². The number of imide groups is 1. The third kappa shape index (κ3) is 3.82. The van der Waals surface area contributed by atoms with Crippen molar-refractivity contribution >= 4 is 29.0 Å². The fourth-order valence-corrected chi connectivity index (χ4v) is 4.27. The smallest absolute Gasteiger partial charge is 0.277 e. The first-order chi connectivity index (χ1) is 14.1. The molecule has 2 aliphatic rings. The molecule has 4 rings (SSSR count). The van der Waals surface area contributed by atoms with E-state index in [1.165, 1.54) is 16.0 Å². The molecule has 5 heteroatoms. The first-order valence-electron chi connectivity index (χ1n) is 10.3. The van der Waals surface area contributed by atoms with Crippen LogP contribution in [0.5, 0.6) is 0 Å². The molecule has 0 saturated carbocycles. The molecule has 0 radical (unpaired) electrons. The molecule has 2 heterocycles. The molecule has 150 valence electrons. The Morgan fingerprint density at radius 2 is 1.66 bits per heavy atom. The van der Waals surface area contributed by atoms with E-state index in [-0.39, 0.29) is 11.8 Å². The third-order valence-corrected chi connectivity index (χ3v) is 5.96. The summed E-state index contributed by atoms with van der Waals surface area (Å²) in [4.78, 5) is 30.1. The minimum atomic E-state index is -0.192. The monoisotopic (exact) mass is 408 g/mol. The number of halogens is 1. The Balaban J connectivity index is 1.72. The molecule has 2 aromatic rings. The molecular weight excluding hydrogens is 384 g/mol. The lowest BCUT2D eigenvalue weighted by Crippen LogP contribution is -2.37. The van der Waals surface area contributed by atoms with Crippen molar-refractivity contribution in [3.05, 3.63) is 75.9 Å². The van der Waals surface area contributed by atoms with Crippen LogP contribution in [0.25, 0.3) is 5.57 Å². The van der Waals surface area contributed by atoms with Crippen LogP contribution in [0.15, 0.2) is 54.2 Å². The molecule has 0 atom stereocenters. The minimum absolute atomic E-state index is 0.171. The third-order valence-electron chi connectivity index (χ3n) is 5.71. The van der Waals surface area contributed by atoms with E-state index < -0.39 is 0 Å². The molecule has 0 aromatic heterocycles. The van der Waals surface area contributed by atoms with Gasteiger partial charge in [0.1, 0.15) is 5.70 Å². The highest BCUT2D eigenvalue weighted by atomic mass is 35.5. The fraction of sp³-hybridized carbons (Fsp3) is 0.333. The lowest BCUT2D eigenvalue weighted by molar-refractivity contribution is -0.137. The Kier molecular flexibility index (Phi) is 5.72. The lowest BCUT2D eigenvalue weighted by Gasteiger charge is -2.31. The van der Waals surface area contributed by atoms with E-state index in [0.717, 1.165) is 37.8 Å². The van der Waals surface area contributed by atoms with E-state index in [0.29, 0.717) is 29.4 Å². The first-order valence-corrected chi connectivity index (χ1v) is 10.7. The topological polar surface area (TPSA) is 40.6 Å². The number of rotatable bonds is 6. The molecule has 0 aliphatic carbocycles. The molecule has 0 spiro atoms. The summed E-state index contributed by atoms with van der Waals surface area (Å²) < 4.78 is 0. The molecule has 0 fully saturated rings. The summed E-state index contributed by atoms with van der Waals surface area (Å²) in [5.41, 5.74) is 4.31. The van der Waals surface area contributed by atoms with Crippen LogP contribution in [-0.4, -0.2) is 34.7 Å². The molecule has 0 unspecified atom stereocenters. The predicted octanol–water partition coefficient (Wildman–Crippen LogP) is 4.67. The molecule has 0 saturated heterocycles. The first kappa shape index (κ1) is 19.7. The van der Waals surface area contributed by atoms with Gasteiger partial charge in [0.05, 0.1) is 5.57 Å². The van der Waals surface area contributed by atoms with Crippen LogP contribution >= 0.6 is 11.6 Å². The van der Waals surface area contributed by atoms with Crippen molar-refractivity contribution in [3.8, 4) is 0 Å². The zero-order valence-electron chi connectivity index (χ0n) is 16.7. The summed E-state index contributed by atoms with van der Waals surface area (Å²) in [5.74, 6) is -0.363. The molecule has 29 heavy (non-hydrogen) atoms. The largest absolute Gasteiger partial charge is 0.362 e. The summed E-state index contributed by atoms with van der Waals surface area (Å²) in [6.07, 6.45) is 3.74. The minimum Gasteiger partial charge on any atom is -0.362 e. The van der Waals surface area contributed by atoms with Crippen LogP contribution in [0, 0.1) is 0 Å². The van der Waals surface area contributed by atoms with Gasteiger partial charge in [0.25, 0.3) is 11.8 Å². The van der Waals surface area contributed by atoms with Crippen molar-refractivity contribution in [3.63, 3.8) is 0 Å². The summed E-state index contributed by atoms with van der Waals surface area (Å²) >= 11 is 6.05. The number of carbonyl (C=O) groups is 2. The van der Waals surface area contributed by atoms with Gasteiger partial charge in [0.2, 0.25) is 0 Å². The van der Waals surface area contributed by atoms with Gasteiger partial charge in [0, 0.05) is 24.7 Å². The number of benzene rings is 2. The SMILES string of the molecule is CCCCCN1C(=O)C(c2ccc(Cl)cc2)=C(N2CCc3ccccc3C2)C1=O. The summed E-state index contributed by atoms with van der Waals surface area (Å²) in [5, 5.41) is 0.611. The van der Waals surface area contributed by atoms with Crippen molar-refractivity contribution in [2.45, 2.75) is 39.2 Å². The zero-order chi connectivity index (χ0) is 20.4. The summed E-state index contributed by atoms with van der Waals surface area (Å²) in [6, 6.07) is 15.5. The Bertz CT molecular complexity index is 965. The molecule has 0 bridgehead atoms. The normalized spacial score (nSPS) is 16.6. The second-order valence-electron chi connectivity index (χ2n) is 7.64. The van der Waals surface area contributed by atoms with E-state index in [2.05, 4.69) is 24.0 Å². The van der Waals surface area contributed by atoms with Crippen LogP contribution in [0.1, 0.15) is 42.9 Å². The average Bonchev–Trinajstić information content (AvgIpc) is 2.99. The summed E-state index contributed by atoms with van der Waals surface area (Å²) in [7, 11) is 0. The van der Waals surface area contributed by atoms with Gasteiger partial charge in [-0.25, -0.2) is 0 Å². The van der Waals surface area contributed by atoms with Crippen molar-refractivity contribution in [1.29, 1.82) is 0 Å². The van der Waals surface area contributed by atoms with Gasteiger partial charge < -0.3 is 4.90 Å². The van der Waals surface area contributed by atoms with E-state index >= 15 is 0 Å². The van der Waals surface area contributed by atoms with Crippen LogP contribution in [-0.2, 0) is 22.6 Å². The van der Waals surface area contributed by atoms with Gasteiger partial charge in [0.15, 0.2) is 0 Å². The van der Waals surface area contributed by atoms with Gasteiger partial charge >= 0.3 is 0 Å². The quantitative estimate of drug-likeness (QED) is 0.515. The predicted molar refractivity (Wildman–Crippen MR) is 115 cm³/mol. The maximum atomic E-state index is 13.4. The Morgan fingerprint density at radius 1 is 0.931 bits per heavy atom. The molecule has 0 N–H and O–H groups in total. The van der Waals surface area contributed by atoms with Crippen LogP contribution < -0.4 is 0 Å². The highest BCUT2D eigenvalue weighted by Gasteiger charge is 2.41. The van der Waals surface area contributed by atoms with Crippen LogP contribution in [0.4, 0.5) is 0 Å². The van der Waals surface area contributed by atoms with Gasteiger partial charge in [-0.2, -0.15) is 0 Å². The molecular formula is C24H25ClN2O2. The molecule has 4 nitrogen and oxygen atoms in total. The van der Waals surface area contributed by atoms with Crippen LogP contribution in [0.3, 0.4) is 0 Å². The number of hydrogen-bond acceptors (Lipinski definition) is 3. The second kappa shape index (κ2) is 8.42. The molecule has 2 aliphatic heterocycles. The molecule has 2 amide bonds. The summed E-state index contributed by atoms with van der Waals surface area (Å²) in [6.45, 7) is 3.95. The van der Waals surface area contributed by atoms with Gasteiger partial charge in [-0.3, -0.25) is 14.5 Å². The Labute approximate surface area is 176 Å². The van der Waals surface area contributed by atoms with Crippen molar-refractivity contribution < 1.29 is 9.59 Å². The highest BCUT2D eigenvalue weighted by Crippen LogP contribution is 2.34. The van der Waals surface area contributed by atoms with Crippen molar-refractivity contribution in [2.24, 2.45) is 0 Å². The Hall–Kier alpha value is -2.59. The van der Waals surface area contributed by atoms with E-state index in [1.807, 2.05) is 24.3 Å². The van der Waals surface area contributed by atoms with Gasteiger partial charge in [-0.1, -0.05) is 67.8 Å². The second-order valence-corrected chi connectivity index (χ2v) is 8.08. The number of fused-ring (bicyclic) bond motifs is 1. The number of amides is 2. The number of unbranched alkanes of at least 4 members (excludes halogenated alkanes) is 2. The fourth-order valence-electron chi connectivity index (χ4n) is 4.14. The highest BCUT2D eigenvalue weighted by molar-refractivity contribution is 6.36.